The van der Waals surface area contributed by atoms with Crippen molar-refractivity contribution in [1.29, 1.82) is 0 Å². The standard InChI is InChI=1S/C16H23ClN2O/c1-16(7-3-8-18-16)12-4-5-15(14(17)10-12)20-13-6-9-19(2)11-13/h4-5,10,13,18H,3,6-9,11H2,1-2H3. The fourth-order valence-corrected chi connectivity index (χ4v) is 3.48. The van der Waals surface area contributed by atoms with Gasteiger partial charge in [-0.1, -0.05) is 17.7 Å². The molecule has 0 aromatic heterocycles. The lowest BCUT2D eigenvalue weighted by atomic mass is 9.90. The van der Waals surface area contributed by atoms with Gasteiger partial charge in [-0.05, 0) is 57.5 Å². The molecule has 110 valence electrons. The van der Waals surface area contributed by atoms with Gasteiger partial charge in [0.2, 0.25) is 0 Å². The van der Waals surface area contributed by atoms with Crippen molar-refractivity contribution < 1.29 is 4.74 Å². The predicted molar refractivity (Wildman–Crippen MR) is 82.6 cm³/mol. The fourth-order valence-electron chi connectivity index (χ4n) is 3.25. The summed E-state index contributed by atoms with van der Waals surface area (Å²) in [6.07, 6.45) is 3.73. The minimum absolute atomic E-state index is 0.0652. The van der Waals surface area contributed by atoms with E-state index in [-0.39, 0.29) is 11.6 Å². The summed E-state index contributed by atoms with van der Waals surface area (Å²) < 4.78 is 6.03. The number of nitrogens with one attached hydrogen (secondary N) is 1. The Balaban J connectivity index is 1.74. The molecular weight excluding hydrogens is 272 g/mol. The van der Waals surface area contributed by atoms with E-state index in [9.17, 15) is 0 Å². The lowest BCUT2D eigenvalue weighted by Crippen LogP contribution is -2.33. The minimum Gasteiger partial charge on any atom is -0.487 e. The van der Waals surface area contributed by atoms with E-state index in [1.807, 2.05) is 6.07 Å². The van der Waals surface area contributed by atoms with Gasteiger partial charge in [-0.2, -0.15) is 0 Å². The molecule has 2 unspecified atom stereocenters. The van der Waals surface area contributed by atoms with E-state index >= 15 is 0 Å². The highest BCUT2D eigenvalue weighted by Gasteiger charge is 2.30. The van der Waals surface area contributed by atoms with Gasteiger partial charge in [0.15, 0.2) is 0 Å². The molecule has 2 fully saturated rings. The SMILES string of the molecule is CN1CCC(Oc2ccc(C3(C)CCCN3)cc2Cl)C1. The van der Waals surface area contributed by atoms with Crippen LogP contribution in [-0.2, 0) is 5.54 Å². The summed E-state index contributed by atoms with van der Waals surface area (Å²) in [5.41, 5.74) is 1.33. The monoisotopic (exact) mass is 294 g/mol. The average Bonchev–Trinajstić information content (AvgIpc) is 3.02. The van der Waals surface area contributed by atoms with Crippen molar-refractivity contribution >= 4 is 11.6 Å². The summed E-state index contributed by atoms with van der Waals surface area (Å²) in [6, 6.07) is 6.24. The van der Waals surface area contributed by atoms with Crippen molar-refractivity contribution in [2.45, 2.75) is 37.8 Å². The summed E-state index contributed by atoms with van der Waals surface area (Å²) >= 11 is 6.42. The molecule has 0 amide bonds. The van der Waals surface area contributed by atoms with E-state index in [1.54, 1.807) is 0 Å². The Bertz CT molecular complexity index is 485. The number of ether oxygens (including phenoxy) is 1. The Morgan fingerprint density at radius 3 is 2.90 bits per heavy atom. The molecular formula is C16H23ClN2O. The van der Waals surface area contributed by atoms with E-state index < -0.39 is 0 Å². The maximum atomic E-state index is 6.42. The molecule has 0 aliphatic carbocycles. The van der Waals surface area contributed by atoms with Crippen LogP contribution in [0, 0.1) is 0 Å². The van der Waals surface area contributed by atoms with Crippen molar-refractivity contribution in [1.82, 2.24) is 10.2 Å². The number of hydrogen-bond donors (Lipinski definition) is 1. The molecule has 3 rings (SSSR count). The van der Waals surface area contributed by atoms with Gasteiger partial charge in [0, 0.05) is 18.6 Å². The largest absolute Gasteiger partial charge is 0.487 e. The first-order chi connectivity index (χ1) is 9.57. The summed E-state index contributed by atoms with van der Waals surface area (Å²) in [4.78, 5) is 2.29. The molecule has 0 spiro atoms. The fraction of sp³-hybridized carbons (Fsp3) is 0.625. The number of benzene rings is 1. The normalized spacial score (nSPS) is 30.9. The highest BCUT2D eigenvalue weighted by molar-refractivity contribution is 6.32. The molecule has 2 aliphatic heterocycles. The number of likely N-dealkylation sites (tertiary alicyclic amines) is 1. The molecule has 1 aromatic carbocycles. The van der Waals surface area contributed by atoms with Crippen LogP contribution in [0.5, 0.6) is 5.75 Å². The lowest BCUT2D eigenvalue weighted by Gasteiger charge is -2.26. The number of nitrogens with zero attached hydrogens (tertiary/aromatic N) is 1. The van der Waals surface area contributed by atoms with Crippen LogP contribution in [0.3, 0.4) is 0 Å². The van der Waals surface area contributed by atoms with Crippen molar-refractivity contribution in [2.75, 3.05) is 26.7 Å². The Morgan fingerprint density at radius 1 is 1.45 bits per heavy atom. The Hall–Kier alpha value is -0.770. The van der Waals surface area contributed by atoms with Gasteiger partial charge in [0.25, 0.3) is 0 Å². The average molecular weight is 295 g/mol. The van der Waals surface area contributed by atoms with Crippen LogP contribution in [-0.4, -0.2) is 37.7 Å². The third-order valence-corrected chi connectivity index (χ3v) is 4.87. The van der Waals surface area contributed by atoms with Gasteiger partial charge in [0.05, 0.1) is 5.02 Å². The van der Waals surface area contributed by atoms with Crippen LogP contribution in [0.25, 0.3) is 0 Å². The Morgan fingerprint density at radius 2 is 2.30 bits per heavy atom. The maximum Gasteiger partial charge on any atom is 0.138 e. The molecule has 0 bridgehead atoms. The lowest BCUT2D eigenvalue weighted by molar-refractivity contribution is 0.208. The number of rotatable bonds is 3. The van der Waals surface area contributed by atoms with E-state index in [0.29, 0.717) is 0 Å². The molecule has 2 heterocycles. The number of hydrogen-bond acceptors (Lipinski definition) is 3. The second-order valence-corrected chi connectivity index (χ2v) is 6.71. The van der Waals surface area contributed by atoms with Crippen LogP contribution < -0.4 is 10.1 Å². The molecule has 0 saturated carbocycles. The summed E-state index contributed by atoms with van der Waals surface area (Å²) in [6.45, 7) is 5.42. The highest BCUT2D eigenvalue weighted by atomic mass is 35.5. The zero-order valence-electron chi connectivity index (χ0n) is 12.3. The molecule has 4 heteroatoms. The van der Waals surface area contributed by atoms with E-state index in [1.165, 1.54) is 12.0 Å². The minimum atomic E-state index is 0.0652. The molecule has 1 aromatic rings. The van der Waals surface area contributed by atoms with Crippen LogP contribution in [0.15, 0.2) is 18.2 Å². The van der Waals surface area contributed by atoms with Crippen molar-refractivity contribution in [3.63, 3.8) is 0 Å². The van der Waals surface area contributed by atoms with Crippen LogP contribution in [0.4, 0.5) is 0 Å². The van der Waals surface area contributed by atoms with Crippen molar-refractivity contribution in [3.05, 3.63) is 28.8 Å². The van der Waals surface area contributed by atoms with Gasteiger partial charge in [-0.15, -0.1) is 0 Å². The van der Waals surface area contributed by atoms with Crippen molar-refractivity contribution in [3.8, 4) is 5.75 Å². The van der Waals surface area contributed by atoms with E-state index in [2.05, 4.69) is 36.3 Å². The number of halogens is 1. The highest BCUT2D eigenvalue weighted by Crippen LogP contribution is 2.35. The number of likely N-dealkylation sites (N-methyl/N-ethyl adjacent to an activating group) is 1. The van der Waals surface area contributed by atoms with Gasteiger partial charge in [-0.25, -0.2) is 0 Å². The van der Waals surface area contributed by atoms with E-state index in [4.69, 9.17) is 16.3 Å². The summed E-state index contributed by atoms with van der Waals surface area (Å²) in [5, 5.41) is 4.30. The molecule has 2 saturated heterocycles. The topological polar surface area (TPSA) is 24.5 Å². The summed E-state index contributed by atoms with van der Waals surface area (Å²) in [7, 11) is 2.13. The van der Waals surface area contributed by atoms with E-state index in [0.717, 1.165) is 43.2 Å². The zero-order valence-corrected chi connectivity index (χ0v) is 13.0. The van der Waals surface area contributed by atoms with Gasteiger partial charge in [-0.3, -0.25) is 0 Å². The first-order valence-electron chi connectivity index (χ1n) is 7.47. The van der Waals surface area contributed by atoms with Gasteiger partial charge < -0.3 is 15.0 Å². The van der Waals surface area contributed by atoms with Crippen LogP contribution in [0.1, 0.15) is 31.7 Å². The molecule has 1 N–H and O–H groups in total. The quantitative estimate of drug-likeness (QED) is 0.927. The van der Waals surface area contributed by atoms with Gasteiger partial charge >= 0.3 is 0 Å². The predicted octanol–water partition coefficient (Wildman–Crippen LogP) is 3.02. The second kappa shape index (κ2) is 5.55. The van der Waals surface area contributed by atoms with Crippen LogP contribution in [0.2, 0.25) is 5.02 Å². The molecule has 20 heavy (non-hydrogen) atoms. The molecule has 0 radical (unpaired) electrons. The Labute approximate surface area is 126 Å². The molecule has 2 aliphatic rings. The first-order valence-corrected chi connectivity index (χ1v) is 7.85. The van der Waals surface area contributed by atoms with Crippen molar-refractivity contribution in [2.24, 2.45) is 0 Å². The smallest absolute Gasteiger partial charge is 0.138 e. The molecule has 3 nitrogen and oxygen atoms in total. The van der Waals surface area contributed by atoms with Crippen LogP contribution >= 0.6 is 11.6 Å². The van der Waals surface area contributed by atoms with Gasteiger partial charge in [0.1, 0.15) is 11.9 Å². The zero-order chi connectivity index (χ0) is 14.2. The first kappa shape index (κ1) is 14.2. The third kappa shape index (κ3) is 2.80. The summed E-state index contributed by atoms with van der Waals surface area (Å²) in [5.74, 6) is 0.817. The third-order valence-electron chi connectivity index (χ3n) is 4.58. The molecule has 2 atom stereocenters. The maximum absolute atomic E-state index is 6.42. The second-order valence-electron chi connectivity index (χ2n) is 6.30. The Kier molecular flexibility index (Phi) is 3.93.